The number of rotatable bonds is 9. The number of aryl methyl sites for hydroxylation is 1. The minimum absolute atomic E-state index is 0.272. The van der Waals surface area contributed by atoms with Gasteiger partial charge in [0.25, 0.3) is 17.7 Å². The van der Waals surface area contributed by atoms with E-state index in [4.69, 9.17) is 9.94 Å². The maximum atomic E-state index is 13.0. The lowest BCUT2D eigenvalue weighted by molar-refractivity contribution is -0.148. The van der Waals surface area contributed by atoms with E-state index in [2.05, 4.69) is 34.2 Å². The first-order valence-electron chi connectivity index (χ1n) is 12.1. The van der Waals surface area contributed by atoms with E-state index in [0.29, 0.717) is 11.7 Å². The van der Waals surface area contributed by atoms with E-state index in [1.54, 1.807) is 31.4 Å². The van der Waals surface area contributed by atoms with Crippen molar-refractivity contribution in [2.24, 2.45) is 0 Å². The molecule has 1 saturated heterocycles. The molecule has 2 aromatic carbocycles. The number of ether oxygens (including phenoxy) is 1. The second kappa shape index (κ2) is 12.5. The van der Waals surface area contributed by atoms with Gasteiger partial charge in [0.15, 0.2) is 5.54 Å². The summed E-state index contributed by atoms with van der Waals surface area (Å²) < 4.78 is 5.30. The molecular formula is C28H34N4O5. The second-order valence-electron chi connectivity index (χ2n) is 9.20. The molecule has 1 aliphatic rings. The molecule has 0 aromatic heterocycles. The van der Waals surface area contributed by atoms with Crippen molar-refractivity contribution in [3.8, 4) is 11.8 Å². The molecule has 1 heterocycles. The van der Waals surface area contributed by atoms with Crippen LogP contribution in [0.5, 0.6) is 0 Å². The lowest BCUT2D eigenvalue weighted by Gasteiger charge is -2.38. The third-order valence-electron chi connectivity index (χ3n) is 6.82. The Morgan fingerprint density at radius 3 is 2.14 bits per heavy atom. The van der Waals surface area contributed by atoms with E-state index in [1.807, 2.05) is 12.1 Å². The van der Waals surface area contributed by atoms with Crippen LogP contribution < -0.4 is 10.8 Å². The standard InChI is InChI=1S/C28H34N4O5/c1-28(26(34)29-2,27(35)30-36)31(3)25(33)23-15-13-22(14-16-23)12-11-21-9-7-20(8-10-21)6-5-17-32-18-24(19-32)37-4/h7-10,13-16,24,36H,5-6,17-19H2,1-4H3,(H,29,34)(H,30,35)/t28-/m0/s1. The number of carbonyl (C=O) groups is 3. The first kappa shape index (κ1) is 27.9. The fourth-order valence-corrected chi connectivity index (χ4v) is 4.11. The Hall–Kier alpha value is -3.71. The molecular weight excluding hydrogens is 472 g/mol. The van der Waals surface area contributed by atoms with Crippen molar-refractivity contribution in [2.45, 2.75) is 31.4 Å². The summed E-state index contributed by atoms with van der Waals surface area (Å²) in [4.78, 5) is 40.8. The van der Waals surface area contributed by atoms with Gasteiger partial charge in [-0.1, -0.05) is 24.0 Å². The summed E-state index contributed by atoms with van der Waals surface area (Å²) >= 11 is 0. The van der Waals surface area contributed by atoms with Crippen molar-refractivity contribution in [2.75, 3.05) is 40.8 Å². The largest absolute Gasteiger partial charge is 0.379 e. The molecule has 0 radical (unpaired) electrons. The Balaban J connectivity index is 1.58. The lowest BCUT2D eigenvalue weighted by atomic mass is 9.96. The highest BCUT2D eigenvalue weighted by atomic mass is 16.5. The molecule has 3 N–H and O–H groups in total. The van der Waals surface area contributed by atoms with Crippen LogP contribution in [0.2, 0.25) is 0 Å². The van der Waals surface area contributed by atoms with Crippen LogP contribution in [-0.4, -0.2) is 85.2 Å². The van der Waals surface area contributed by atoms with Crippen LogP contribution in [0.4, 0.5) is 0 Å². The van der Waals surface area contributed by atoms with Gasteiger partial charge in [-0.05, 0) is 68.3 Å². The number of benzene rings is 2. The quantitative estimate of drug-likeness (QED) is 0.205. The van der Waals surface area contributed by atoms with E-state index in [1.165, 1.54) is 32.1 Å². The molecule has 0 bridgehead atoms. The number of nitrogens with one attached hydrogen (secondary N) is 2. The molecule has 0 unspecified atom stereocenters. The van der Waals surface area contributed by atoms with Crippen LogP contribution >= 0.6 is 0 Å². The molecule has 3 rings (SSSR count). The number of hydrogen-bond donors (Lipinski definition) is 3. The SMILES string of the molecule is CNC(=O)[C@@](C)(C(=O)NO)N(C)C(=O)c1ccc(C#Cc2ccc(CCCN3CC(OC)C3)cc2)cc1. The Bertz CT molecular complexity index is 1150. The second-order valence-corrected chi connectivity index (χ2v) is 9.20. The van der Waals surface area contributed by atoms with Gasteiger partial charge in [0.2, 0.25) is 0 Å². The van der Waals surface area contributed by atoms with E-state index < -0.39 is 23.3 Å². The van der Waals surface area contributed by atoms with Crippen LogP contribution in [0, 0.1) is 11.8 Å². The number of likely N-dealkylation sites (tertiary alicyclic amines) is 1. The molecule has 0 spiro atoms. The number of likely N-dealkylation sites (N-methyl/N-ethyl adjacent to an activating group) is 2. The topological polar surface area (TPSA) is 111 Å². The highest BCUT2D eigenvalue weighted by molar-refractivity contribution is 6.12. The van der Waals surface area contributed by atoms with Gasteiger partial charge in [-0.2, -0.15) is 0 Å². The number of nitrogens with zero attached hydrogens (tertiary/aromatic N) is 2. The van der Waals surface area contributed by atoms with Crippen molar-refractivity contribution in [3.63, 3.8) is 0 Å². The maximum Gasteiger partial charge on any atom is 0.278 e. The summed E-state index contributed by atoms with van der Waals surface area (Å²) in [6.45, 7) is 4.37. The molecule has 196 valence electrons. The molecule has 0 aliphatic carbocycles. The first-order valence-corrected chi connectivity index (χ1v) is 12.1. The fourth-order valence-electron chi connectivity index (χ4n) is 4.11. The van der Waals surface area contributed by atoms with E-state index in [-0.39, 0.29) is 5.56 Å². The van der Waals surface area contributed by atoms with E-state index in [9.17, 15) is 14.4 Å². The van der Waals surface area contributed by atoms with Gasteiger partial charge in [-0.3, -0.25) is 24.5 Å². The molecule has 1 aliphatic heterocycles. The number of amides is 3. The minimum Gasteiger partial charge on any atom is -0.379 e. The zero-order valence-electron chi connectivity index (χ0n) is 21.7. The molecule has 37 heavy (non-hydrogen) atoms. The van der Waals surface area contributed by atoms with Gasteiger partial charge >= 0.3 is 0 Å². The summed E-state index contributed by atoms with van der Waals surface area (Å²) in [6.07, 6.45) is 2.51. The molecule has 2 aromatic rings. The zero-order chi connectivity index (χ0) is 27.0. The van der Waals surface area contributed by atoms with Gasteiger partial charge in [0, 0.05) is 51.0 Å². The molecule has 1 fully saturated rings. The number of methoxy groups -OCH3 is 1. The number of hydroxylamine groups is 1. The fraction of sp³-hybridized carbons (Fsp3) is 0.393. The maximum absolute atomic E-state index is 13.0. The molecule has 3 amide bonds. The van der Waals surface area contributed by atoms with Gasteiger partial charge in [-0.25, -0.2) is 5.48 Å². The summed E-state index contributed by atoms with van der Waals surface area (Å²) in [5.74, 6) is 3.91. The molecule has 9 heteroatoms. The van der Waals surface area contributed by atoms with Crippen molar-refractivity contribution in [3.05, 3.63) is 70.8 Å². The normalized spacial score (nSPS) is 14.9. The molecule has 1 atom stereocenters. The van der Waals surface area contributed by atoms with Gasteiger partial charge in [0.05, 0.1) is 6.10 Å². The average molecular weight is 507 g/mol. The van der Waals surface area contributed by atoms with Crippen molar-refractivity contribution in [1.29, 1.82) is 0 Å². The Labute approximate surface area is 217 Å². The van der Waals surface area contributed by atoms with Crippen LogP contribution in [-0.2, 0) is 20.7 Å². The molecule has 0 saturated carbocycles. The average Bonchev–Trinajstić information content (AvgIpc) is 2.91. The van der Waals surface area contributed by atoms with Crippen LogP contribution in [0.3, 0.4) is 0 Å². The van der Waals surface area contributed by atoms with Crippen LogP contribution in [0.1, 0.15) is 40.4 Å². The van der Waals surface area contributed by atoms with E-state index >= 15 is 0 Å². The van der Waals surface area contributed by atoms with Crippen LogP contribution in [0.25, 0.3) is 0 Å². The third-order valence-corrected chi connectivity index (χ3v) is 6.82. The van der Waals surface area contributed by atoms with Crippen molar-refractivity contribution < 1.29 is 24.3 Å². The summed E-state index contributed by atoms with van der Waals surface area (Å²) in [7, 11) is 4.43. The Kier molecular flexibility index (Phi) is 9.42. The Morgan fingerprint density at radius 1 is 1.05 bits per heavy atom. The molecule has 9 nitrogen and oxygen atoms in total. The third kappa shape index (κ3) is 6.54. The van der Waals surface area contributed by atoms with Crippen molar-refractivity contribution >= 4 is 17.7 Å². The highest BCUT2D eigenvalue weighted by Gasteiger charge is 2.47. The summed E-state index contributed by atoms with van der Waals surface area (Å²) in [5, 5.41) is 11.4. The number of carbonyl (C=O) groups excluding carboxylic acids is 3. The monoisotopic (exact) mass is 506 g/mol. The zero-order valence-corrected chi connectivity index (χ0v) is 21.7. The predicted octanol–water partition coefficient (Wildman–Crippen LogP) is 1.43. The summed E-state index contributed by atoms with van der Waals surface area (Å²) in [6, 6.07) is 14.8. The highest BCUT2D eigenvalue weighted by Crippen LogP contribution is 2.18. The summed E-state index contributed by atoms with van der Waals surface area (Å²) in [5.41, 5.74) is 2.68. The predicted molar refractivity (Wildman–Crippen MR) is 139 cm³/mol. The van der Waals surface area contributed by atoms with Gasteiger partial charge in [0.1, 0.15) is 0 Å². The van der Waals surface area contributed by atoms with E-state index in [0.717, 1.165) is 42.9 Å². The lowest BCUT2D eigenvalue weighted by Crippen LogP contribution is -2.64. The van der Waals surface area contributed by atoms with Gasteiger partial charge < -0.3 is 15.0 Å². The minimum atomic E-state index is -1.94. The van der Waals surface area contributed by atoms with Crippen LogP contribution in [0.15, 0.2) is 48.5 Å². The van der Waals surface area contributed by atoms with Crippen molar-refractivity contribution in [1.82, 2.24) is 20.6 Å². The smallest absolute Gasteiger partial charge is 0.278 e. The Morgan fingerprint density at radius 2 is 1.62 bits per heavy atom. The first-order chi connectivity index (χ1) is 17.7. The number of hydrogen-bond acceptors (Lipinski definition) is 6. The van der Waals surface area contributed by atoms with Gasteiger partial charge in [-0.15, -0.1) is 0 Å².